The van der Waals surface area contributed by atoms with Gasteiger partial charge in [-0.15, -0.1) is 11.3 Å². The lowest BCUT2D eigenvalue weighted by Gasteiger charge is -2.12. The molecule has 30 heavy (non-hydrogen) atoms. The van der Waals surface area contributed by atoms with Crippen molar-refractivity contribution in [2.24, 2.45) is 0 Å². The Labute approximate surface area is 178 Å². The van der Waals surface area contributed by atoms with E-state index in [-0.39, 0.29) is 17.7 Å². The van der Waals surface area contributed by atoms with E-state index in [1.807, 2.05) is 37.4 Å². The monoisotopic (exact) mass is 419 g/mol. The highest BCUT2D eigenvalue weighted by atomic mass is 32.1. The average molecular weight is 420 g/mol. The van der Waals surface area contributed by atoms with E-state index in [1.54, 1.807) is 17.5 Å². The van der Waals surface area contributed by atoms with Gasteiger partial charge in [0.2, 0.25) is 11.8 Å². The second kappa shape index (κ2) is 8.54. The van der Waals surface area contributed by atoms with Gasteiger partial charge in [0.15, 0.2) is 10.9 Å². The number of rotatable bonds is 7. The molecule has 2 N–H and O–H groups in total. The van der Waals surface area contributed by atoms with Crippen LogP contribution < -0.4 is 10.6 Å². The van der Waals surface area contributed by atoms with E-state index in [1.165, 1.54) is 30.0 Å². The van der Waals surface area contributed by atoms with Crippen LogP contribution in [-0.2, 0) is 9.59 Å². The molecule has 152 valence electrons. The molecule has 2 aromatic heterocycles. The predicted octanol–water partition coefficient (Wildman–Crippen LogP) is 4.34. The molecule has 8 heteroatoms. The van der Waals surface area contributed by atoms with Crippen LogP contribution in [0.1, 0.15) is 42.0 Å². The Morgan fingerprint density at radius 2 is 2.00 bits per heavy atom. The molecule has 0 radical (unpaired) electrons. The molecule has 1 atom stereocenters. The van der Waals surface area contributed by atoms with Gasteiger partial charge in [0, 0.05) is 16.6 Å². The number of benzene rings is 1. The van der Waals surface area contributed by atoms with Crippen molar-refractivity contribution in [3.63, 3.8) is 0 Å². The quantitative estimate of drug-likeness (QED) is 0.555. The van der Waals surface area contributed by atoms with Crippen LogP contribution in [0.15, 0.2) is 55.5 Å². The second-order valence-corrected chi connectivity index (χ2v) is 8.22. The SMILES string of the molecule is C=CC(=O)Nc1cnc(-c2cccc([C@H](C)C(=O)Nc3ncc(C4CC4)s3)c2)cn1. The molecule has 7 nitrogen and oxygen atoms in total. The molecule has 2 heterocycles. The molecule has 3 aromatic rings. The van der Waals surface area contributed by atoms with E-state index in [4.69, 9.17) is 0 Å². The Bertz CT molecular complexity index is 1090. The second-order valence-electron chi connectivity index (χ2n) is 7.16. The van der Waals surface area contributed by atoms with Crippen LogP contribution in [0.5, 0.6) is 0 Å². The van der Waals surface area contributed by atoms with Crippen molar-refractivity contribution in [1.82, 2.24) is 15.0 Å². The Morgan fingerprint density at radius 3 is 2.70 bits per heavy atom. The number of hydrogen-bond donors (Lipinski definition) is 2. The van der Waals surface area contributed by atoms with Crippen LogP contribution in [0.3, 0.4) is 0 Å². The Morgan fingerprint density at radius 1 is 1.17 bits per heavy atom. The summed E-state index contributed by atoms with van der Waals surface area (Å²) in [5, 5.41) is 6.13. The van der Waals surface area contributed by atoms with Crippen LogP contribution in [-0.4, -0.2) is 26.8 Å². The predicted molar refractivity (Wildman–Crippen MR) is 117 cm³/mol. The lowest BCUT2D eigenvalue weighted by atomic mass is 9.97. The van der Waals surface area contributed by atoms with Crippen molar-refractivity contribution in [1.29, 1.82) is 0 Å². The maximum Gasteiger partial charge on any atom is 0.248 e. The van der Waals surface area contributed by atoms with Gasteiger partial charge in [-0.1, -0.05) is 24.8 Å². The van der Waals surface area contributed by atoms with E-state index in [2.05, 4.69) is 32.2 Å². The number of hydrogen-bond acceptors (Lipinski definition) is 6. The van der Waals surface area contributed by atoms with Gasteiger partial charge in [-0.2, -0.15) is 0 Å². The fraction of sp³-hybridized carbons (Fsp3) is 0.227. The number of aromatic nitrogens is 3. The normalized spacial score (nSPS) is 14.0. The zero-order valence-electron chi connectivity index (χ0n) is 16.5. The fourth-order valence-corrected chi connectivity index (χ4v) is 3.94. The maximum atomic E-state index is 12.7. The first kappa shape index (κ1) is 19.9. The molecule has 2 amide bonds. The molecular weight excluding hydrogens is 398 g/mol. The van der Waals surface area contributed by atoms with E-state index < -0.39 is 0 Å². The number of carbonyl (C=O) groups is 2. The summed E-state index contributed by atoms with van der Waals surface area (Å²) in [6.07, 6.45) is 8.52. The molecule has 0 aliphatic heterocycles. The molecule has 1 saturated carbocycles. The van der Waals surface area contributed by atoms with Crippen molar-refractivity contribution in [3.05, 3.63) is 66.0 Å². The van der Waals surface area contributed by atoms with Crippen molar-refractivity contribution in [2.45, 2.75) is 31.6 Å². The number of amides is 2. The third-order valence-corrected chi connectivity index (χ3v) is 5.97. The minimum absolute atomic E-state index is 0.0996. The molecule has 1 aromatic carbocycles. The lowest BCUT2D eigenvalue weighted by molar-refractivity contribution is -0.117. The van der Waals surface area contributed by atoms with Gasteiger partial charge < -0.3 is 10.6 Å². The standard InChI is InChI=1S/C22H21N5O2S/c1-3-20(28)26-19-12-23-17(10-24-19)16-6-4-5-15(9-16)13(2)21(29)27-22-25-11-18(30-22)14-7-8-14/h3-6,9-14H,1,7-8H2,2H3,(H,24,26,28)(H,25,27,29)/t13-/m0/s1. The van der Waals surface area contributed by atoms with E-state index in [9.17, 15) is 9.59 Å². The number of carbonyl (C=O) groups excluding carboxylic acids is 2. The van der Waals surface area contributed by atoms with Crippen LogP contribution in [0.2, 0.25) is 0 Å². The Kier molecular flexibility index (Phi) is 5.67. The van der Waals surface area contributed by atoms with E-state index in [0.717, 1.165) is 11.1 Å². The number of anilines is 2. The van der Waals surface area contributed by atoms with Crippen LogP contribution in [0.25, 0.3) is 11.3 Å². The summed E-state index contributed by atoms with van der Waals surface area (Å²) < 4.78 is 0. The smallest absolute Gasteiger partial charge is 0.248 e. The van der Waals surface area contributed by atoms with Crippen LogP contribution >= 0.6 is 11.3 Å². The summed E-state index contributed by atoms with van der Waals surface area (Å²) in [4.78, 5) is 38.2. The minimum atomic E-state index is -0.350. The van der Waals surface area contributed by atoms with Gasteiger partial charge in [0.25, 0.3) is 0 Å². The largest absolute Gasteiger partial charge is 0.306 e. The van der Waals surface area contributed by atoms with Gasteiger partial charge in [0.1, 0.15) is 0 Å². The molecule has 0 saturated heterocycles. The highest BCUT2D eigenvalue weighted by molar-refractivity contribution is 7.15. The molecule has 1 aliphatic carbocycles. The first-order valence-corrected chi connectivity index (χ1v) is 10.5. The highest BCUT2D eigenvalue weighted by Gasteiger charge is 2.26. The molecule has 0 bridgehead atoms. The summed E-state index contributed by atoms with van der Waals surface area (Å²) in [6.45, 7) is 5.27. The van der Waals surface area contributed by atoms with Crippen LogP contribution in [0.4, 0.5) is 10.9 Å². The summed E-state index contributed by atoms with van der Waals surface area (Å²) in [5.41, 5.74) is 2.36. The van der Waals surface area contributed by atoms with E-state index in [0.29, 0.717) is 22.6 Å². The number of nitrogens with zero attached hydrogens (tertiary/aromatic N) is 3. The average Bonchev–Trinajstić information content (AvgIpc) is 3.52. The minimum Gasteiger partial charge on any atom is -0.306 e. The van der Waals surface area contributed by atoms with Crippen molar-refractivity contribution < 1.29 is 9.59 Å². The van der Waals surface area contributed by atoms with Gasteiger partial charge in [-0.3, -0.25) is 14.6 Å². The lowest BCUT2D eigenvalue weighted by Crippen LogP contribution is -2.18. The van der Waals surface area contributed by atoms with Crippen molar-refractivity contribution in [2.75, 3.05) is 10.6 Å². The maximum absolute atomic E-state index is 12.7. The Hall–Kier alpha value is -3.39. The summed E-state index contributed by atoms with van der Waals surface area (Å²) in [6, 6.07) is 7.63. The van der Waals surface area contributed by atoms with Gasteiger partial charge in [-0.25, -0.2) is 9.97 Å². The molecule has 1 aliphatic rings. The molecule has 0 unspecified atom stereocenters. The zero-order valence-corrected chi connectivity index (χ0v) is 17.3. The summed E-state index contributed by atoms with van der Waals surface area (Å²) in [7, 11) is 0. The highest BCUT2D eigenvalue weighted by Crippen LogP contribution is 2.43. The molecule has 4 rings (SSSR count). The third-order valence-electron chi connectivity index (χ3n) is 4.90. The van der Waals surface area contributed by atoms with Crippen molar-refractivity contribution >= 4 is 34.1 Å². The van der Waals surface area contributed by atoms with E-state index >= 15 is 0 Å². The summed E-state index contributed by atoms with van der Waals surface area (Å²) >= 11 is 1.55. The topological polar surface area (TPSA) is 96.9 Å². The summed E-state index contributed by atoms with van der Waals surface area (Å²) in [5.74, 6) is 0.180. The molecule has 1 fully saturated rings. The van der Waals surface area contributed by atoms with Gasteiger partial charge in [0.05, 0.1) is 24.0 Å². The zero-order chi connectivity index (χ0) is 21.1. The molecular formula is C22H21N5O2S. The van der Waals surface area contributed by atoms with Gasteiger partial charge in [-0.05, 0) is 43.4 Å². The first-order chi connectivity index (χ1) is 14.5. The number of thiazole rings is 1. The fourth-order valence-electron chi connectivity index (χ4n) is 2.95. The molecule has 0 spiro atoms. The van der Waals surface area contributed by atoms with Gasteiger partial charge >= 0.3 is 0 Å². The number of nitrogens with one attached hydrogen (secondary N) is 2. The van der Waals surface area contributed by atoms with Crippen molar-refractivity contribution in [3.8, 4) is 11.3 Å². The third kappa shape index (κ3) is 4.60. The Balaban J connectivity index is 1.45. The first-order valence-electron chi connectivity index (χ1n) is 9.66. The van der Waals surface area contributed by atoms with Crippen LogP contribution in [0, 0.1) is 0 Å².